The number of aromatic nitrogens is 1. The van der Waals surface area contributed by atoms with E-state index in [9.17, 15) is 4.79 Å². The maximum Gasteiger partial charge on any atom is 0.319 e. The number of amides is 2. The first-order valence-electron chi connectivity index (χ1n) is 7.77. The largest absolute Gasteiger partial charge is 0.478 e. The molecule has 2 aliphatic rings. The molecule has 0 spiro atoms. The highest BCUT2D eigenvalue weighted by atomic mass is 16.5. The minimum atomic E-state index is 0.0708. The third-order valence-corrected chi connectivity index (χ3v) is 4.47. The van der Waals surface area contributed by atoms with E-state index < -0.39 is 0 Å². The molecule has 0 aromatic carbocycles. The average molecular weight is 305 g/mol. The van der Waals surface area contributed by atoms with Crippen LogP contribution in [-0.4, -0.2) is 67.3 Å². The van der Waals surface area contributed by atoms with Crippen LogP contribution < -0.4 is 4.74 Å². The highest BCUT2D eigenvalue weighted by Gasteiger charge is 2.45. The zero-order chi connectivity index (χ0) is 15.5. The third kappa shape index (κ3) is 3.16. The van der Waals surface area contributed by atoms with Crippen molar-refractivity contribution < 1.29 is 14.3 Å². The number of carbonyl (C=O) groups is 1. The Kier molecular flexibility index (Phi) is 4.47. The highest BCUT2D eigenvalue weighted by molar-refractivity contribution is 5.74. The van der Waals surface area contributed by atoms with Crippen molar-refractivity contribution >= 4 is 6.03 Å². The van der Waals surface area contributed by atoms with Crippen molar-refractivity contribution in [2.75, 3.05) is 40.4 Å². The Labute approximate surface area is 131 Å². The summed E-state index contributed by atoms with van der Waals surface area (Å²) in [6.45, 7) is 2.90. The van der Waals surface area contributed by atoms with E-state index in [-0.39, 0.29) is 12.1 Å². The normalized spacial score (nSPS) is 26.8. The standard InChI is InChI=1S/C16H23N3O3/c1-18(2)16(20)19-9-13-12(11-22-14(13)10-19)6-8-21-15-5-3-4-7-17-15/h3-5,7,12-14H,6,8-11H2,1-2H3/t12-,13-,14-/m0/s1. The molecule has 3 atom stereocenters. The van der Waals surface area contributed by atoms with Crippen LogP contribution in [0.3, 0.4) is 0 Å². The maximum atomic E-state index is 12.0. The van der Waals surface area contributed by atoms with Crippen molar-refractivity contribution in [3.8, 4) is 5.88 Å². The smallest absolute Gasteiger partial charge is 0.319 e. The van der Waals surface area contributed by atoms with Gasteiger partial charge in [0.15, 0.2) is 0 Å². The number of pyridine rings is 1. The molecule has 3 heterocycles. The van der Waals surface area contributed by atoms with Gasteiger partial charge >= 0.3 is 6.03 Å². The van der Waals surface area contributed by atoms with Crippen LogP contribution >= 0.6 is 0 Å². The lowest BCUT2D eigenvalue weighted by Crippen LogP contribution is -2.39. The van der Waals surface area contributed by atoms with Crippen molar-refractivity contribution in [3.63, 3.8) is 0 Å². The summed E-state index contributed by atoms with van der Waals surface area (Å²) in [5.41, 5.74) is 0. The third-order valence-electron chi connectivity index (χ3n) is 4.47. The Hall–Kier alpha value is -1.82. The van der Waals surface area contributed by atoms with Crippen molar-refractivity contribution in [3.05, 3.63) is 24.4 Å². The van der Waals surface area contributed by atoms with Crippen molar-refractivity contribution in [2.24, 2.45) is 11.8 Å². The number of hydrogen-bond donors (Lipinski definition) is 0. The first-order valence-corrected chi connectivity index (χ1v) is 7.77. The number of hydrogen-bond acceptors (Lipinski definition) is 4. The molecule has 22 heavy (non-hydrogen) atoms. The van der Waals surface area contributed by atoms with Crippen LogP contribution in [0.5, 0.6) is 5.88 Å². The van der Waals surface area contributed by atoms with Gasteiger partial charge in [-0.25, -0.2) is 9.78 Å². The van der Waals surface area contributed by atoms with Crippen LogP contribution in [-0.2, 0) is 4.74 Å². The van der Waals surface area contributed by atoms with Crippen LogP contribution in [0.15, 0.2) is 24.4 Å². The fourth-order valence-corrected chi connectivity index (χ4v) is 3.28. The Bertz CT molecular complexity index is 509. The fourth-order valence-electron chi connectivity index (χ4n) is 3.28. The van der Waals surface area contributed by atoms with Crippen molar-refractivity contribution in [1.82, 2.24) is 14.8 Å². The molecule has 0 aliphatic carbocycles. The number of urea groups is 1. The minimum Gasteiger partial charge on any atom is -0.478 e. The summed E-state index contributed by atoms with van der Waals surface area (Å²) in [7, 11) is 3.57. The zero-order valence-corrected chi connectivity index (χ0v) is 13.1. The van der Waals surface area contributed by atoms with E-state index in [2.05, 4.69) is 4.98 Å². The maximum absolute atomic E-state index is 12.0. The van der Waals surface area contributed by atoms with Crippen LogP contribution in [0.1, 0.15) is 6.42 Å². The van der Waals surface area contributed by atoms with E-state index in [0.29, 0.717) is 30.9 Å². The molecule has 1 aromatic rings. The number of fused-ring (bicyclic) bond motifs is 1. The molecule has 2 amide bonds. The molecule has 2 aliphatic heterocycles. The van der Waals surface area contributed by atoms with Gasteiger partial charge < -0.3 is 19.3 Å². The first-order chi connectivity index (χ1) is 10.6. The summed E-state index contributed by atoms with van der Waals surface area (Å²) in [6, 6.07) is 5.72. The lowest BCUT2D eigenvalue weighted by atomic mass is 9.91. The Morgan fingerprint density at radius 3 is 3.05 bits per heavy atom. The quantitative estimate of drug-likeness (QED) is 0.845. The second-order valence-electron chi connectivity index (χ2n) is 6.18. The summed E-state index contributed by atoms with van der Waals surface area (Å²) < 4.78 is 11.5. The number of carbonyl (C=O) groups excluding carboxylic acids is 1. The van der Waals surface area contributed by atoms with E-state index in [1.165, 1.54) is 0 Å². The summed E-state index contributed by atoms with van der Waals surface area (Å²) >= 11 is 0. The molecule has 6 heteroatoms. The van der Waals surface area contributed by atoms with E-state index in [1.54, 1.807) is 25.2 Å². The van der Waals surface area contributed by atoms with E-state index in [0.717, 1.165) is 19.6 Å². The topological polar surface area (TPSA) is 54.9 Å². The fraction of sp³-hybridized carbons (Fsp3) is 0.625. The summed E-state index contributed by atoms with van der Waals surface area (Å²) in [5, 5.41) is 0. The lowest BCUT2D eigenvalue weighted by molar-refractivity contribution is 0.0939. The van der Waals surface area contributed by atoms with Crippen LogP contribution in [0, 0.1) is 11.8 Å². The van der Waals surface area contributed by atoms with Crippen LogP contribution in [0.2, 0.25) is 0 Å². The van der Waals surface area contributed by atoms with Gasteiger partial charge in [-0.1, -0.05) is 6.07 Å². The van der Waals surface area contributed by atoms with Crippen LogP contribution in [0.25, 0.3) is 0 Å². The molecule has 1 aromatic heterocycles. The van der Waals surface area contributed by atoms with Crippen LogP contribution in [0.4, 0.5) is 4.79 Å². The van der Waals surface area contributed by atoms with E-state index >= 15 is 0 Å². The number of likely N-dealkylation sites (tertiary alicyclic amines) is 1. The summed E-state index contributed by atoms with van der Waals surface area (Å²) in [5.74, 6) is 1.54. The molecule has 0 unspecified atom stereocenters. The molecular weight excluding hydrogens is 282 g/mol. The SMILES string of the molecule is CN(C)C(=O)N1C[C@H]2[C@@H](CCOc3ccccn3)CO[C@H]2C1. The number of ether oxygens (including phenoxy) is 2. The molecule has 0 radical (unpaired) electrons. The van der Waals surface area contributed by atoms with Gasteiger partial charge in [0.2, 0.25) is 5.88 Å². The molecule has 6 nitrogen and oxygen atoms in total. The van der Waals surface area contributed by atoms with Gasteiger partial charge in [-0.15, -0.1) is 0 Å². The molecule has 2 saturated heterocycles. The molecular formula is C16H23N3O3. The number of rotatable bonds is 4. The molecule has 0 bridgehead atoms. The van der Waals surface area contributed by atoms with Gasteiger partial charge in [0.1, 0.15) is 0 Å². The predicted octanol–water partition coefficient (Wildman–Crippen LogP) is 1.48. The zero-order valence-electron chi connectivity index (χ0n) is 13.1. The monoisotopic (exact) mass is 305 g/mol. The first kappa shape index (κ1) is 15.1. The Morgan fingerprint density at radius 1 is 1.45 bits per heavy atom. The van der Waals surface area contributed by atoms with E-state index in [4.69, 9.17) is 9.47 Å². The number of nitrogens with zero attached hydrogens (tertiary/aromatic N) is 3. The molecule has 0 N–H and O–H groups in total. The summed E-state index contributed by atoms with van der Waals surface area (Å²) in [4.78, 5) is 19.7. The second-order valence-corrected chi connectivity index (χ2v) is 6.18. The average Bonchev–Trinajstić information content (AvgIpc) is 3.09. The Morgan fingerprint density at radius 2 is 2.32 bits per heavy atom. The van der Waals surface area contributed by atoms with Gasteiger partial charge in [-0.2, -0.15) is 0 Å². The predicted molar refractivity (Wildman–Crippen MR) is 81.7 cm³/mol. The van der Waals surface area contributed by atoms with Crippen molar-refractivity contribution in [2.45, 2.75) is 12.5 Å². The molecule has 2 fully saturated rings. The Balaban J connectivity index is 1.49. The minimum absolute atomic E-state index is 0.0708. The molecule has 0 saturated carbocycles. The summed E-state index contributed by atoms with van der Waals surface area (Å²) in [6.07, 6.45) is 2.84. The van der Waals surface area contributed by atoms with E-state index in [1.807, 2.05) is 23.1 Å². The van der Waals surface area contributed by atoms with Crippen molar-refractivity contribution in [1.29, 1.82) is 0 Å². The molecule has 120 valence electrons. The van der Waals surface area contributed by atoms with Gasteiger partial charge in [-0.3, -0.25) is 0 Å². The molecule has 3 rings (SSSR count). The van der Waals surface area contributed by atoms with Gasteiger partial charge in [0, 0.05) is 45.4 Å². The van der Waals surface area contributed by atoms with Gasteiger partial charge in [0.05, 0.1) is 19.3 Å². The lowest BCUT2D eigenvalue weighted by Gasteiger charge is -2.23. The van der Waals surface area contributed by atoms with Gasteiger partial charge in [-0.05, 0) is 18.4 Å². The second kappa shape index (κ2) is 6.52. The highest BCUT2D eigenvalue weighted by Crippen LogP contribution is 2.35. The van der Waals surface area contributed by atoms with Gasteiger partial charge in [0.25, 0.3) is 0 Å².